The summed E-state index contributed by atoms with van der Waals surface area (Å²) in [5, 5.41) is 0. The summed E-state index contributed by atoms with van der Waals surface area (Å²) in [5.41, 5.74) is 0. The quantitative estimate of drug-likeness (QED) is 0.500. The first kappa shape index (κ1) is 7.96. The van der Waals surface area contributed by atoms with Gasteiger partial charge in [0.1, 0.15) is 0 Å². The molecule has 0 bridgehead atoms. The summed E-state index contributed by atoms with van der Waals surface area (Å²) in [6.07, 6.45) is 4.23. The normalized spacial score (nSPS) is 13.0. The van der Waals surface area contributed by atoms with Gasteiger partial charge in [-0.25, -0.2) is 0 Å². The van der Waals surface area contributed by atoms with Crippen molar-refractivity contribution in [3.05, 3.63) is 18.2 Å². The van der Waals surface area contributed by atoms with Crippen LogP contribution in [0.3, 0.4) is 0 Å². The maximum Gasteiger partial charge on any atom is 0.0517 e. The molecule has 0 atom stereocenters. The maximum atomic E-state index is 2.33. The highest BCUT2D eigenvalue weighted by Crippen LogP contribution is 2.04. The van der Waals surface area contributed by atoms with E-state index in [0.717, 1.165) is 0 Å². The fourth-order valence-corrected chi connectivity index (χ4v) is 1.15. The average Bonchev–Trinajstić information content (AvgIpc) is 1.59. The van der Waals surface area contributed by atoms with E-state index in [1.807, 2.05) is 0 Å². The van der Waals surface area contributed by atoms with Crippen molar-refractivity contribution in [1.29, 1.82) is 0 Å². The Morgan fingerprint density at radius 2 is 1.62 bits per heavy atom. The fourth-order valence-electron chi connectivity index (χ4n) is 0.385. The topological polar surface area (TPSA) is 0 Å². The van der Waals surface area contributed by atoms with Crippen LogP contribution in [-0.2, 0) is 0 Å². The van der Waals surface area contributed by atoms with E-state index in [9.17, 15) is 0 Å². The first-order valence-electron chi connectivity index (χ1n) is 3.03. The summed E-state index contributed by atoms with van der Waals surface area (Å²) in [5.74, 6) is 0. The van der Waals surface area contributed by atoms with E-state index < -0.39 is 8.07 Å². The molecule has 0 fully saturated rings. The van der Waals surface area contributed by atoms with Gasteiger partial charge < -0.3 is 0 Å². The molecule has 0 unspecified atom stereocenters. The van der Waals surface area contributed by atoms with Gasteiger partial charge in [0.25, 0.3) is 0 Å². The monoisotopic (exact) mass is 127 g/mol. The molecule has 0 aliphatic heterocycles. The van der Waals surface area contributed by atoms with Crippen LogP contribution in [0.25, 0.3) is 0 Å². The zero-order valence-corrected chi connectivity index (χ0v) is 7.23. The third kappa shape index (κ3) is 5.96. The molecule has 0 nitrogen and oxygen atoms in total. The third-order valence-electron chi connectivity index (χ3n) is 0.789. The zero-order valence-electron chi connectivity index (χ0n) is 6.23. The SMILES string of the molecule is C/C=C/[CH][Si](C)(C)C. The molecule has 0 heterocycles. The molecule has 0 amide bonds. The molecule has 0 spiro atoms. The molecule has 8 heavy (non-hydrogen) atoms. The smallest absolute Gasteiger partial charge is 0.0517 e. The van der Waals surface area contributed by atoms with Crippen molar-refractivity contribution in [2.75, 3.05) is 0 Å². The molecule has 47 valence electrons. The second-order valence-corrected chi connectivity index (χ2v) is 8.12. The van der Waals surface area contributed by atoms with Crippen molar-refractivity contribution in [2.45, 2.75) is 26.6 Å². The molecular weight excluding hydrogens is 112 g/mol. The van der Waals surface area contributed by atoms with E-state index in [0.29, 0.717) is 0 Å². The summed E-state index contributed by atoms with van der Waals surface area (Å²) >= 11 is 0. The Bertz CT molecular complexity index is 76.9. The van der Waals surface area contributed by atoms with Crippen molar-refractivity contribution in [1.82, 2.24) is 0 Å². The Balaban J connectivity index is 3.39. The summed E-state index contributed by atoms with van der Waals surface area (Å²) in [4.78, 5) is 0. The van der Waals surface area contributed by atoms with Crippen LogP contribution in [0.1, 0.15) is 6.92 Å². The average molecular weight is 127 g/mol. The molecule has 0 aliphatic carbocycles. The van der Waals surface area contributed by atoms with Crippen LogP contribution in [0, 0.1) is 6.04 Å². The van der Waals surface area contributed by atoms with Crippen molar-refractivity contribution in [2.24, 2.45) is 0 Å². The van der Waals surface area contributed by atoms with Crippen molar-refractivity contribution in [3.8, 4) is 0 Å². The molecule has 1 heteroatoms. The Kier molecular flexibility index (Phi) is 3.06. The first-order valence-corrected chi connectivity index (χ1v) is 6.61. The van der Waals surface area contributed by atoms with Gasteiger partial charge in [0.15, 0.2) is 0 Å². The lowest BCUT2D eigenvalue weighted by Crippen LogP contribution is -2.19. The minimum absolute atomic E-state index is 0.890. The van der Waals surface area contributed by atoms with Gasteiger partial charge in [-0.15, -0.1) is 0 Å². The number of allylic oxidation sites excluding steroid dienone is 2. The highest BCUT2D eigenvalue weighted by atomic mass is 28.3. The van der Waals surface area contributed by atoms with Crippen LogP contribution in [0.15, 0.2) is 12.2 Å². The standard InChI is InChI=1S/C7H15Si/c1-5-6-7-8(2,3)4/h5-7H,1-4H3/b6-5+. The fraction of sp³-hybridized carbons (Fsp3) is 0.571. The van der Waals surface area contributed by atoms with Gasteiger partial charge >= 0.3 is 0 Å². The summed E-state index contributed by atoms with van der Waals surface area (Å²) < 4.78 is 0. The highest BCUT2D eigenvalue weighted by molar-refractivity contribution is 6.80. The van der Waals surface area contributed by atoms with Gasteiger partial charge in [-0.1, -0.05) is 31.8 Å². The Morgan fingerprint density at radius 3 is 1.75 bits per heavy atom. The van der Waals surface area contributed by atoms with E-state index >= 15 is 0 Å². The van der Waals surface area contributed by atoms with Gasteiger partial charge in [0.2, 0.25) is 0 Å². The van der Waals surface area contributed by atoms with E-state index in [2.05, 4.69) is 44.8 Å². The molecule has 0 aromatic carbocycles. The molecular formula is C7H15Si. The Morgan fingerprint density at radius 1 is 1.12 bits per heavy atom. The minimum atomic E-state index is -0.890. The molecule has 0 saturated carbocycles. The van der Waals surface area contributed by atoms with E-state index in [1.165, 1.54) is 0 Å². The number of hydrogen-bond acceptors (Lipinski definition) is 0. The molecule has 0 aliphatic rings. The molecule has 0 rings (SSSR count). The molecule has 0 aromatic rings. The van der Waals surface area contributed by atoms with E-state index in [4.69, 9.17) is 0 Å². The highest BCUT2D eigenvalue weighted by Gasteiger charge is 2.08. The molecule has 0 N–H and O–H groups in total. The maximum absolute atomic E-state index is 2.33. The van der Waals surface area contributed by atoms with Crippen LogP contribution < -0.4 is 0 Å². The van der Waals surface area contributed by atoms with Crippen LogP contribution in [0.4, 0.5) is 0 Å². The summed E-state index contributed by atoms with van der Waals surface area (Å²) in [6, 6.07) is 2.33. The third-order valence-corrected chi connectivity index (χ3v) is 1.98. The van der Waals surface area contributed by atoms with Gasteiger partial charge in [-0.2, -0.15) is 0 Å². The Labute approximate surface area is 53.6 Å². The number of hydrogen-bond donors (Lipinski definition) is 0. The minimum Gasteiger partial charge on any atom is -0.0917 e. The van der Waals surface area contributed by atoms with E-state index in [-0.39, 0.29) is 0 Å². The van der Waals surface area contributed by atoms with Gasteiger partial charge in [0.05, 0.1) is 8.07 Å². The largest absolute Gasteiger partial charge is 0.0917 e. The second-order valence-electron chi connectivity index (χ2n) is 3.06. The summed E-state index contributed by atoms with van der Waals surface area (Å²) in [7, 11) is -0.890. The van der Waals surface area contributed by atoms with Crippen molar-refractivity contribution >= 4 is 8.07 Å². The predicted octanol–water partition coefficient (Wildman–Crippen LogP) is 2.64. The van der Waals surface area contributed by atoms with Crippen LogP contribution in [0.2, 0.25) is 19.6 Å². The van der Waals surface area contributed by atoms with Crippen molar-refractivity contribution < 1.29 is 0 Å². The molecule has 0 aromatic heterocycles. The van der Waals surface area contributed by atoms with E-state index in [1.54, 1.807) is 0 Å². The summed E-state index contributed by atoms with van der Waals surface area (Å²) in [6.45, 7) is 9.03. The first-order chi connectivity index (χ1) is 3.56. The lowest BCUT2D eigenvalue weighted by Gasteiger charge is -2.10. The van der Waals surface area contributed by atoms with Crippen LogP contribution in [-0.4, -0.2) is 8.07 Å². The van der Waals surface area contributed by atoms with Crippen molar-refractivity contribution in [3.63, 3.8) is 0 Å². The number of rotatable bonds is 2. The Hall–Kier alpha value is -0.0431. The van der Waals surface area contributed by atoms with Gasteiger partial charge in [0, 0.05) is 0 Å². The second kappa shape index (κ2) is 3.08. The lowest BCUT2D eigenvalue weighted by atomic mass is 10.6. The van der Waals surface area contributed by atoms with Crippen LogP contribution in [0.5, 0.6) is 0 Å². The lowest BCUT2D eigenvalue weighted by molar-refractivity contribution is 1.63. The zero-order chi connectivity index (χ0) is 6.62. The molecule has 0 saturated heterocycles. The molecule has 1 radical (unpaired) electrons. The van der Waals surface area contributed by atoms with Gasteiger partial charge in [-0.3, -0.25) is 0 Å². The van der Waals surface area contributed by atoms with Crippen LogP contribution >= 0.6 is 0 Å². The predicted molar refractivity (Wildman–Crippen MR) is 42.5 cm³/mol. The van der Waals surface area contributed by atoms with Gasteiger partial charge in [-0.05, 0) is 13.0 Å².